The molecule has 1 atom stereocenters. The van der Waals surface area contributed by atoms with E-state index in [1.54, 1.807) is 6.07 Å². The minimum Gasteiger partial charge on any atom is -0.443 e. The molecule has 27 heavy (non-hydrogen) atoms. The largest absolute Gasteiger partial charge is 0.443 e. The molecule has 0 unspecified atom stereocenters. The standard InChI is InChI=1S/C22H20ClNO2S/c23-19-14-8-7-13-18(19)22(16-9-3-1-4-10-16,17-11-5-2-6-12-17)26-21(25)20(24)15-27/h1-14,20,27H,15,24H2/t20-/m0/s1. The van der Waals surface area contributed by atoms with Crippen molar-refractivity contribution in [2.45, 2.75) is 11.6 Å². The van der Waals surface area contributed by atoms with Crippen molar-refractivity contribution >= 4 is 30.2 Å². The van der Waals surface area contributed by atoms with Crippen molar-refractivity contribution in [1.82, 2.24) is 0 Å². The van der Waals surface area contributed by atoms with Gasteiger partial charge in [0.15, 0.2) is 5.60 Å². The second-order valence-electron chi connectivity index (χ2n) is 6.10. The van der Waals surface area contributed by atoms with Gasteiger partial charge in [0.2, 0.25) is 0 Å². The van der Waals surface area contributed by atoms with E-state index < -0.39 is 17.6 Å². The van der Waals surface area contributed by atoms with Crippen molar-refractivity contribution in [1.29, 1.82) is 0 Å². The van der Waals surface area contributed by atoms with Crippen molar-refractivity contribution in [3.8, 4) is 0 Å². The first-order valence-corrected chi connectivity index (χ1v) is 9.56. The van der Waals surface area contributed by atoms with Crippen LogP contribution in [-0.2, 0) is 15.1 Å². The molecule has 0 bridgehead atoms. The molecule has 0 amide bonds. The molecule has 0 aromatic heterocycles. The van der Waals surface area contributed by atoms with Gasteiger partial charge in [-0.25, -0.2) is 0 Å². The minimum atomic E-state index is -1.22. The van der Waals surface area contributed by atoms with Gasteiger partial charge in [-0.05, 0) is 6.07 Å². The molecule has 0 fully saturated rings. The fourth-order valence-electron chi connectivity index (χ4n) is 3.04. The molecule has 3 rings (SSSR count). The number of hydrogen-bond acceptors (Lipinski definition) is 4. The first-order chi connectivity index (χ1) is 13.1. The second kappa shape index (κ2) is 8.61. The summed E-state index contributed by atoms with van der Waals surface area (Å²) in [5.41, 5.74) is 6.92. The molecule has 3 aromatic rings. The van der Waals surface area contributed by atoms with Crippen LogP contribution in [0, 0.1) is 0 Å². The number of thiol groups is 1. The first-order valence-electron chi connectivity index (χ1n) is 8.55. The molecule has 0 saturated carbocycles. The number of benzene rings is 3. The Morgan fingerprint density at radius 2 is 1.41 bits per heavy atom. The van der Waals surface area contributed by atoms with Gasteiger partial charge < -0.3 is 10.5 Å². The van der Waals surface area contributed by atoms with Crippen molar-refractivity contribution in [3.63, 3.8) is 0 Å². The summed E-state index contributed by atoms with van der Waals surface area (Å²) in [6, 6.07) is 25.6. The van der Waals surface area contributed by atoms with Crippen molar-refractivity contribution < 1.29 is 9.53 Å². The minimum absolute atomic E-state index is 0.182. The van der Waals surface area contributed by atoms with E-state index in [1.807, 2.05) is 78.9 Å². The normalized spacial score (nSPS) is 12.4. The predicted molar refractivity (Wildman–Crippen MR) is 112 cm³/mol. The number of nitrogens with two attached hydrogens (primary N) is 1. The molecular formula is C22H20ClNO2S. The predicted octanol–water partition coefficient (Wildman–Crippen LogP) is 4.43. The maximum absolute atomic E-state index is 12.8. The molecule has 2 N–H and O–H groups in total. The summed E-state index contributed by atoms with van der Waals surface area (Å²) in [5, 5.41) is 0.498. The zero-order chi connectivity index (χ0) is 19.3. The Morgan fingerprint density at radius 3 is 1.89 bits per heavy atom. The Morgan fingerprint density at radius 1 is 0.926 bits per heavy atom. The van der Waals surface area contributed by atoms with E-state index in [9.17, 15) is 4.79 Å². The van der Waals surface area contributed by atoms with E-state index >= 15 is 0 Å². The van der Waals surface area contributed by atoms with Crippen LogP contribution in [0.1, 0.15) is 16.7 Å². The number of hydrogen-bond donors (Lipinski definition) is 2. The molecule has 0 aliphatic rings. The van der Waals surface area contributed by atoms with Crippen LogP contribution in [0.5, 0.6) is 0 Å². The lowest BCUT2D eigenvalue weighted by molar-refractivity contribution is -0.154. The Kier molecular flexibility index (Phi) is 6.22. The van der Waals surface area contributed by atoms with E-state index in [1.165, 1.54) is 0 Å². The van der Waals surface area contributed by atoms with Gasteiger partial charge in [-0.15, -0.1) is 0 Å². The number of rotatable bonds is 6. The molecule has 0 radical (unpaired) electrons. The van der Waals surface area contributed by atoms with Crippen LogP contribution in [0.25, 0.3) is 0 Å². The molecule has 0 spiro atoms. The van der Waals surface area contributed by atoms with E-state index in [-0.39, 0.29) is 5.75 Å². The van der Waals surface area contributed by atoms with E-state index in [0.717, 1.165) is 11.1 Å². The fourth-order valence-corrected chi connectivity index (χ4v) is 3.46. The van der Waals surface area contributed by atoms with Gasteiger partial charge in [0.25, 0.3) is 0 Å². The van der Waals surface area contributed by atoms with Crippen LogP contribution in [0.4, 0.5) is 0 Å². The second-order valence-corrected chi connectivity index (χ2v) is 6.88. The van der Waals surface area contributed by atoms with Crippen LogP contribution in [0.2, 0.25) is 5.02 Å². The van der Waals surface area contributed by atoms with E-state index in [4.69, 9.17) is 22.1 Å². The molecule has 0 aliphatic heterocycles. The van der Waals surface area contributed by atoms with E-state index in [0.29, 0.717) is 10.6 Å². The van der Waals surface area contributed by atoms with Gasteiger partial charge in [0, 0.05) is 27.5 Å². The molecule has 0 aliphatic carbocycles. The summed E-state index contributed by atoms with van der Waals surface area (Å²) in [6.07, 6.45) is 0. The topological polar surface area (TPSA) is 52.3 Å². The summed E-state index contributed by atoms with van der Waals surface area (Å²) in [6.45, 7) is 0. The Balaban J connectivity index is 2.32. The lowest BCUT2D eigenvalue weighted by atomic mass is 9.80. The summed E-state index contributed by atoms with van der Waals surface area (Å²) < 4.78 is 6.13. The van der Waals surface area contributed by atoms with Crippen LogP contribution in [-0.4, -0.2) is 17.8 Å². The summed E-state index contributed by atoms with van der Waals surface area (Å²) >= 11 is 10.7. The van der Waals surface area contributed by atoms with Crippen LogP contribution in [0.3, 0.4) is 0 Å². The van der Waals surface area contributed by atoms with Gasteiger partial charge in [0.05, 0.1) is 0 Å². The highest BCUT2D eigenvalue weighted by molar-refractivity contribution is 7.80. The Bertz CT molecular complexity index is 863. The highest BCUT2D eigenvalue weighted by Crippen LogP contribution is 2.43. The average Bonchev–Trinajstić information content (AvgIpc) is 2.73. The molecule has 0 heterocycles. The van der Waals surface area contributed by atoms with Crippen LogP contribution >= 0.6 is 24.2 Å². The SMILES string of the molecule is N[C@@H](CS)C(=O)OC(c1ccccc1)(c1ccccc1)c1ccccc1Cl. The van der Waals surface area contributed by atoms with Gasteiger partial charge >= 0.3 is 5.97 Å². The first kappa shape index (κ1) is 19.5. The summed E-state index contributed by atoms with van der Waals surface area (Å²) in [5.74, 6) is -0.362. The van der Waals surface area contributed by atoms with Crippen molar-refractivity contribution in [2.24, 2.45) is 5.73 Å². The summed E-state index contributed by atoms with van der Waals surface area (Å²) in [7, 11) is 0. The van der Waals surface area contributed by atoms with E-state index in [2.05, 4.69) is 12.6 Å². The highest BCUT2D eigenvalue weighted by atomic mass is 35.5. The molecular weight excluding hydrogens is 378 g/mol. The Labute approximate surface area is 169 Å². The molecule has 138 valence electrons. The molecule has 0 saturated heterocycles. The van der Waals surface area contributed by atoms with Gasteiger partial charge in [0.1, 0.15) is 6.04 Å². The van der Waals surface area contributed by atoms with Gasteiger partial charge in [-0.3, -0.25) is 4.79 Å². The van der Waals surface area contributed by atoms with Crippen LogP contribution in [0.15, 0.2) is 84.9 Å². The molecule has 3 aromatic carbocycles. The van der Waals surface area contributed by atoms with Gasteiger partial charge in [-0.2, -0.15) is 12.6 Å². The lowest BCUT2D eigenvalue weighted by Crippen LogP contribution is -2.42. The zero-order valence-electron chi connectivity index (χ0n) is 14.6. The van der Waals surface area contributed by atoms with Crippen LogP contribution < -0.4 is 5.73 Å². The number of halogens is 1. The summed E-state index contributed by atoms with van der Waals surface area (Å²) in [4.78, 5) is 12.8. The third-order valence-electron chi connectivity index (χ3n) is 4.37. The average molecular weight is 398 g/mol. The third-order valence-corrected chi connectivity index (χ3v) is 5.09. The number of carbonyl (C=O) groups excluding carboxylic acids is 1. The third kappa shape index (κ3) is 3.88. The molecule has 5 heteroatoms. The quantitative estimate of drug-likeness (QED) is 0.367. The smallest absolute Gasteiger partial charge is 0.325 e. The maximum Gasteiger partial charge on any atom is 0.325 e. The molecule has 3 nitrogen and oxygen atoms in total. The van der Waals surface area contributed by atoms with Crippen molar-refractivity contribution in [2.75, 3.05) is 5.75 Å². The Hall–Kier alpha value is -2.27. The maximum atomic E-state index is 12.8. The number of carbonyl (C=O) groups is 1. The zero-order valence-corrected chi connectivity index (χ0v) is 16.2. The fraction of sp³-hybridized carbons (Fsp3) is 0.136. The van der Waals surface area contributed by atoms with Gasteiger partial charge in [-0.1, -0.05) is 90.5 Å². The highest BCUT2D eigenvalue weighted by Gasteiger charge is 2.42. The lowest BCUT2D eigenvalue weighted by Gasteiger charge is -2.36. The number of ether oxygens (including phenoxy) is 1. The van der Waals surface area contributed by atoms with Crippen molar-refractivity contribution in [3.05, 3.63) is 107 Å². The monoisotopic (exact) mass is 397 g/mol. The number of esters is 1.